The maximum Gasteiger partial charge on any atom is 0.123 e. The van der Waals surface area contributed by atoms with Gasteiger partial charge in [0.1, 0.15) is 11.6 Å². The van der Waals surface area contributed by atoms with Gasteiger partial charge in [-0.3, -0.25) is 0 Å². The highest BCUT2D eigenvalue weighted by Crippen LogP contribution is 2.25. The molecule has 3 nitrogen and oxygen atoms in total. The number of nitrogens with zero attached hydrogens (tertiary/aromatic N) is 2. The molecule has 0 saturated heterocycles. The van der Waals surface area contributed by atoms with Crippen LogP contribution in [0.3, 0.4) is 0 Å². The number of hydrogen-bond acceptors (Lipinski definition) is 2. The van der Waals surface area contributed by atoms with Crippen LogP contribution in [0.1, 0.15) is 35.5 Å². The van der Waals surface area contributed by atoms with Gasteiger partial charge in [0.15, 0.2) is 0 Å². The number of aryl methyl sites for hydroxylation is 2. The Morgan fingerprint density at radius 3 is 2.43 bits per heavy atom. The molecule has 0 spiro atoms. The summed E-state index contributed by atoms with van der Waals surface area (Å²) >= 11 is 0. The third-order valence-electron chi connectivity index (χ3n) is 4.44. The van der Waals surface area contributed by atoms with Crippen LogP contribution in [-0.2, 0) is 6.42 Å². The molecule has 1 unspecified atom stereocenters. The minimum atomic E-state index is -0.219. The number of rotatable bonds is 4. The summed E-state index contributed by atoms with van der Waals surface area (Å²) in [7, 11) is 0. The van der Waals surface area contributed by atoms with E-state index in [1.54, 1.807) is 0 Å². The van der Waals surface area contributed by atoms with E-state index in [-0.39, 0.29) is 11.9 Å². The first kappa shape index (κ1) is 15.7. The normalized spacial score (nSPS) is 12.7. The summed E-state index contributed by atoms with van der Waals surface area (Å²) in [4.78, 5) is 4.82. The third-order valence-corrected chi connectivity index (χ3v) is 4.44. The van der Waals surface area contributed by atoms with E-state index in [2.05, 4.69) is 37.5 Å². The Labute approximate surface area is 136 Å². The zero-order valence-corrected chi connectivity index (χ0v) is 13.8. The van der Waals surface area contributed by atoms with E-state index in [1.807, 2.05) is 12.1 Å². The van der Waals surface area contributed by atoms with Crippen molar-refractivity contribution >= 4 is 11.0 Å². The molecule has 0 fully saturated rings. The number of hydrogen-bond donors (Lipinski definition) is 1. The molecule has 0 aliphatic carbocycles. The molecule has 0 saturated carbocycles. The highest BCUT2D eigenvalue weighted by Gasteiger charge is 2.16. The Kier molecular flexibility index (Phi) is 4.18. The fourth-order valence-electron chi connectivity index (χ4n) is 2.91. The van der Waals surface area contributed by atoms with Crippen LogP contribution in [0, 0.1) is 19.7 Å². The van der Waals surface area contributed by atoms with E-state index in [9.17, 15) is 4.39 Å². The van der Waals surface area contributed by atoms with Crippen molar-refractivity contribution in [3.8, 4) is 0 Å². The molecule has 120 valence electrons. The fraction of sp³-hybridized carbons (Fsp3) is 0.316. The molecule has 2 aromatic carbocycles. The molecule has 1 aromatic heterocycles. The largest absolute Gasteiger partial charge is 0.328 e. The van der Waals surface area contributed by atoms with Crippen LogP contribution < -0.4 is 5.73 Å². The molecule has 0 radical (unpaired) electrons. The zero-order valence-electron chi connectivity index (χ0n) is 13.8. The lowest BCUT2D eigenvalue weighted by Crippen LogP contribution is -2.18. The first-order valence-corrected chi connectivity index (χ1v) is 7.92. The lowest BCUT2D eigenvalue weighted by molar-refractivity contribution is 0.552. The second kappa shape index (κ2) is 6.13. The predicted octanol–water partition coefficient (Wildman–Crippen LogP) is 3.90. The van der Waals surface area contributed by atoms with Gasteiger partial charge in [0.05, 0.1) is 11.0 Å². The highest BCUT2D eigenvalue weighted by molar-refractivity contribution is 5.78. The molecule has 0 bridgehead atoms. The van der Waals surface area contributed by atoms with Crippen molar-refractivity contribution < 1.29 is 4.39 Å². The quantitative estimate of drug-likeness (QED) is 0.794. The fourth-order valence-corrected chi connectivity index (χ4v) is 2.91. The summed E-state index contributed by atoms with van der Waals surface area (Å²) in [6, 6.07) is 11.1. The summed E-state index contributed by atoms with van der Waals surface area (Å²) < 4.78 is 15.3. The molecule has 23 heavy (non-hydrogen) atoms. The first-order chi connectivity index (χ1) is 11.0. The molecule has 1 heterocycles. The van der Waals surface area contributed by atoms with Crippen molar-refractivity contribution in [3.63, 3.8) is 0 Å². The zero-order chi connectivity index (χ0) is 16.6. The van der Waals surface area contributed by atoms with E-state index in [1.165, 1.54) is 23.3 Å². The molecular weight excluding hydrogens is 289 g/mol. The van der Waals surface area contributed by atoms with E-state index in [0.717, 1.165) is 22.4 Å². The monoisotopic (exact) mass is 311 g/mol. The number of benzene rings is 2. The van der Waals surface area contributed by atoms with Crippen LogP contribution in [0.4, 0.5) is 4.39 Å². The topological polar surface area (TPSA) is 43.8 Å². The van der Waals surface area contributed by atoms with Crippen LogP contribution in [0.25, 0.3) is 11.0 Å². The van der Waals surface area contributed by atoms with Crippen molar-refractivity contribution in [1.29, 1.82) is 0 Å². The molecule has 0 amide bonds. The van der Waals surface area contributed by atoms with Crippen LogP contribution in [-0.4, -0.2) is 16.1 Å². The molecule has 3 rings (SSSR count). The molecule has 3 aromatic rings. The van der Waals surface area contributed by atoms with Crippen LogP contribution in [0.2, 0.25) is 0 Å². The molecule has 1 atom stereocenters. The number of nitrogens with two attached hydrogens (primary N) is 1. The van der Waals surface area contributed by atoms with Crippen LogP contribution in [0.15, 0.2) is 36.4 Å². The average molecular weight is 311 g/mol. The van der Waals surface area contributed by atoms with E-state index in [0.29, 0.717) is 13.0 Å². The Morgan fingerprint density at radius 1 is 1.13 bits per heavy atom. The van der Waals surface area contributed by atoms with E-state index in [4.69, 9.17) is 10.7 Å². The minimum Gasteiger partial charge on any atom is -0.328 e. The second-order valence-corrected chi connectivity index (χ2v) is 6.21. The number of fused-ring (bicyclic) bond motifs is 1. The second-order valence-electron chi connectivity index (χ2n) is 6.21. The van der Waals surface area contributed by atoms with Crippen LogP contribution >= 0.6 is 0 Å². The van der Waals surface area contributed by atoms with Crippen molar-refractivity contribution in [2.75, 3.05) is 6.54 Å². The van der Waals surface area contributed by atoms with Gasteiger partial charge in [0.2, 0.25) is 0 Å². The van der Waals surface area contributed by atoms with Gasteiger partial charge in [-0.1, -0.05) is 12.1 Å². The standard InChI is InChI=1S/C19H22FN3/c1-12-8-17-18(9-13(12)2)23(14(3)11-21)19(22-17)10-15-4-6-16(20)7-5-15/h4-9,14H,10-11,21H2,1-3H3. The highest BCUT2D eigenvalue weighted by atomic mass is 19.1. The molecule has 2 N–H and O–H groups in total. The van der Waals surface area contributed by atoms with Crippen LogP contribution in [0.5, 0.6) is 0 Å². The van der Waals surface area contributed by atoms with E-state index >= 15 is 0 Å². The summed E-state index contributed by atoms with van der Waals surface area (Å²) in [6.07, 6.45) is 0.664. The Bertz CT molecular complexity index is 834. The maximum absolute atomic E-state index is 13.1. The molecular formula is C19H22FN3. The molecule has 4 heteroatoms. The van der Waals surface area contributed by atoms with E-state index < -0.39 is 0 Å². The van der Waals surface area contributed by atoms with Gasteiger partial charge >= 0.3 is 0 Å². The SMILES string of the molecule is Cc1cc2nc(Cc3ccc(F)cc3)n(C(C)CN)c2cc1C. The lowest BCUT2D eigenvalue weighted by atomic mass is 10.1. The molecule has 0 aliphatic heterocycles. The van der Waals surface area contributed by atoms with Gasteiger partial charge in [-0.05, 0) is 61.7 Å². The van der Waals surface area contributed by atoms with Crippen molar-refractivity contribution in [2.24, 2.45) is 5.73 Å². The first-order valence-electron chi connectivity index (χ1n) is 7.92. The van der Waals surface area contributed by atoms with Gasteiger partial charge in [-0.2, -0.15) is 0 Å². The molecule has 0 aliphatic rings. The van der Waals surface area contributed by atoms with Crippen molar-refractivity contribution in [2.45, 2.75) is 33.2 Å². The summed E-state index contributed by atoms with van der Waals surface area (Å²) in [5, 5.41) is 0. The Hall–Kier alpha value is -2.20. The van der Waals surface area contributed by atoms with Gasteiger partial charge in [-0.15, -0.1) is 0 Å². The van der Waals surface area contributed by atoms with Gasteiger partial charge < -0.3 is 10.3 Å². The summed E-state index contributed by atoms with van der Waals surface area (Å²) in [6.45, 7) is 6.86. The van der Waals surface area contributed by atoms with Gasteiger partial charge in [0.25, 0.3) is 0 Å². The van der Waals surface area contributed by atoms with Crippen molar-refractivity contribution in [1.82, 2.24) is 9.55 Å². The smallest absolute Gasteiger partial charge is 0.123 e. The predicted molar refractivity (Wildman–Crippen MR) is 92.2 cm³/mol. The average Bonchev–Trinajstić information content (AvgIpc) is 2.86. The summed E-state index contributed by atoms with van der Waals surface area (Å²) in [5.74, 6) is 0.749. The van der Waals surface area contributed by atoms with Gasteiger partial charge in [0, 0.05) is 19.0 Å². The van der Waals surface area contributed by atoms with Crippen molar-refractivity contribution in [3.05, 3.63) is 64.7 Å². The Balaban J connectivity index is 2.12. The number of halogens is 1. The maximum atomic E-state index is 13.1. The minimum absolute atomic E-state index is 0.164. The number of aromatic nitrogens is 2. The third kappa shape index (κ3) is 2.99. The Morgan fingerprint density at radius 2 is 1.78 bits per heavy atom. The summed E-state index contributed by atoms with van der Waals surface area (Å²) in [5.41, 5.74) is 11.5. The van der Waals surface area contributed by atoms with Gasteiger partial charge in [-0.25, -0.2) is 9.37 Å². The number of imidazole rings is 1. The lowest BCUT2D eigenvalue weighted by Gasteiger charge is -2.16.